The van der Waals surface area contributed by atoms with E-state index < -0.39 is 12.0 Å². The summed E-state index contributed by atoms with van der Waals surface area (Å²) in [4.78, 5) is 16.1. The van der Waals surface area contributed by atoms with E-state index in [4.69, 9.17) is 0 Å². The van der Waals surface area contributed by atoms with Gasteiger partial charge in [-0.15, -0.1) is 0 Å². The van der Waals surface area contributed by atoms with E-state index in [2.05, 4.69) is 10.3 Å². The summed E-state index contributed by atoms with van der Waals surface area (Å²) in [5.74, 6) is -0.451. The molecule has 3 aromatic rings. The van der Waals surface area contributed by atoms with Crippen LogP contribution in [0.3, 0.4) is 0 Å². The molecule has 2 N–H and O–H groups in total. The van der Waals surface area contributed by atoms with Crippen LogP contribution in [-0.2, 0) is 4.79 Å². The molecule has 0 saturated carbocycles. The standard InChI is InChI=1S/C19H16N2O2/c22-18(16-4-2-1-3-5-16)19(23)21-17-8-6-14(7-9-17)15-10-12-20-13-11-15/h1-13,18,22H,(H,21,23)/t18-/m1/s1. The molecule has 4 nitrogen and oxygen atoms in total. The average molecular weight is 304 g/mol. The number of amides is 1. The Morgan fingerprint density at radius 1 is 0.870 bits per heavy atom. The summed E-state index contributed by atoms with van der Waals surface area (Å²) in [7, 11) is 0. The lowest BCUT2D eigenvalue weighted by Gasteiger charge is -2.12. The van der Waals surface area contributed by atoms with Gasteiger partial charge in [0.1, 0.15) is 0 Å². The zero-order valence-corrected chi connectivity index (χ0v) is 12.4. The molecule has 0 aliphatic carbocycles. The molecule has 0 bridgehead atoms. The van der Waals surface area contributed by atoms with Gasteiger partial charge in [0, 0.05) is 18.1 Å². The van der Waals surface area contributed by atoms with E-state index in [-0.39, 0.29) is 0 Å². The molecule has 0 aliphatic heterocycles. The molecule has 4 heteroatoms. The second-order valence-electron chi connectivity index (χ2n) is 5.12. The van der Waals surface area contributed by atoms with Gasteiger partial charge in [0.25, 0.3) is 5.91 Å². The van der Waals surface area contributed by atoms with Gasteiger partial charge in [-0.25, -0.2) is 0 Å². The first-order valence-corrected chi connectivity index (χ1v) is 7.28. The fourth-order valence-corrected chi connectivity index (χ4v) is 2.29. The predicted molar refractivity (Wildman–Crippen MR) is 89.7 cm³/mol. The smallest absolute Gasteiger partial charge is 0.257 e. The number of nitrogens with zero attached hydrogens (tertiary/aromatic N) is 1. The number of hydrogen-bond donors (Lipinski definition) is 2. The molecule has 1 heterocycles. The van der Waals surface area contributed by atoms with Gasteiger partial charge in [-0.3, -0.25) is 9.78 Å². The van der Waals surface area contributed by atoms with Crippen molar-refractivity contribution in [2.24, 2.45) is 0 Å². The number of anilines is 1. The lowest BCUT2D eigenvalue weighted by molar-refractivity contribution is -0.124. The van der Waals surface area contributed by atoms with Crippen molar-refractivity contribution in [3.05, 3.63) is 84.7 Å². The minimum absolute atomic E-state index is 0.451. The maximum absolute atomic E-state index is 12.1. The quantitative estimate of drug-likeness (QED) is 0.776. The van der Waals surface area contributed by atoms with Crippen LogP contribution in [0.15, 0.2) is 79.1 Å². The molecule has 0 spiro atoms. The normalized spacial score (nSPS) is 11.7. The lowest BCUT2D eigenvalue weighted by atomic mass is 10.1. The van der Waals surface area contributed by atoms with Gasteiger partial charge in [-0.2, -0.15) is 0 Å². The van der Waals surface area contributed by atoms with Crippen LogP contribution in [0.1, 0.15) is 11.7 Å². The van der Waals surface area contributed by atoms with Gasteiger partial charge >= 0.3 is 0 Å². The minimum Gasteiger partial charge on any atom is -0.378 e. The third kappa shape index (κ3) is 3.62. The van der Waals surface area contributed by atoms with Crippen LogP contribution in [-0.4, -0.2) is 16.0 Å². The number of rotatable bonds is 4. The number of benzene rings is 2. The number of pyridine rings is 1. The first-order valence-electron chi connectivity index (χ1n) is 7.28. The number of carbonyl (C=O) groups is 1. The minimum atomic E-state index is -1.18. The topological polar surface area (TPSA) is 62.2 Å². The van der Waals surface area contributed by atoms with Gasteiger partial charge in [-0.05, 0) is 41.0 Å². The van der Waals surface area contributed by atoms with Gasteiger partial charge < -0.3 is 10.4 Å². The van der Waals surface area contributed by atoms with Crippen molar-refractivity contribution in [1.29, 1.82) is 0 Å². The van der Waals surface area contributed by atoms with E-state index in [0.29, 0.717) is 11.3 Å². The highest BCUT2D eigenvalue weighted by Gasteiger charge is 2.16. The highest BCUT2D eigenvalue weighted by Crippen LogP contribution is 2.21. The Balaban J connectivity index is 1.70. The fourth-order valence-electron chi connectivity index (χ4n) is 2.29. The van der Waals surface area contributed by atoms with Crippen LogP contribution >= 0.6 is 0 Å². The maximum Gasteiger partial charge on any atom is 0.257 e. The molecular weight excluding hydrogens is 288 g/mol. The van der Waals surface area contributed by atoms with Crippen molar-refractivity contribution in [3.63, 3.8) is 0 Å². The second-order valence-corrected chi connectivity index (χ2v) is 5.12. The van der Waals surface area contributed by atoms with E-state index in [9.17, 15) is 9.90 Å². The Bertz CT molecular complexity index is 771. The van der Waals surface area contributed by atoms with Crippen molar-refractivity contribution < 1.29 is 9.90 Å². The number of hydrogen-bond acceptors (Lipinski definition) is 3. The van der Waals surface area contributed by atoms with E-state index in [1.54, 1.807) is 36.7 Å². The summed E-state index contributed by atoms with van der Waals surface area (Å²) in [5, 5.41) is 12.8. The number of nitrogens with one attached hydrogen (secondary N) is 1. The van der Waals surface area contributed by atoms with Gasteiger partial charge in [0.2, 0.25) is 0 Å². The Morgan fingerprint density at radius 3 is 2.13 bits per heavy atom. The Hall–Kier alpha value is -2.98. The third-order valence-electron chi connectivity index (χ3n) is 3.53. The number of aromatic nitrogens is 1. The summed E-state index contributed by atoms with van der Waals surface area (Å²) < 4.78 is 0. The number of aliphatic hydroxyl groups excluding tert-OH is 1. The van der Waals surface area contributed by atoms with Crippen molar-refractivity contribution in [2.45, 2.75) is 6.10 Å². The molecule has 1 amide bonds. The summed E-state index contributed by atoms with van der Waals surface area (Å²) in [6.07, 6.45) is 2.29. The molecule has 1 aromatic heterocycles. The molecular formula is C19H16N2O2. The van der Waals surface area contributed by atoms with Crippen LogP contribution in [0.4, 0.5) is 5.69 Å². The second kappa shape index (κ2) is 6.85. The molecule has 3 rings (SSSR count). The van der Waals surface area contributed by atoms with E-state index >= 15 is 0 Å². The molecule has 2 aromatic carbocycles. The van der Waals surface area contributed by atoms with Crippen LogP contribution < -0.4 is 5.32 Å². The first-order chi connectivity index (χ1) is 11.2. The van der Waals surface area contributed by atoms with Gasteiger partial charge in [0.05, 0.1) is 0 Å². The summed E-state index contributed by atoms with van der Waals surface area (Å²) in [6.45, 7) is 0. The van der Waals surface area contributed by atoms with Gasteiger partial charge in [0.15, 0.2) is 6.10 Å². The molecule has 0 aliphatic rings. The zero-order valence-electron chi connectivity index (χ0n) is 12.4. The molecule has 0 saturated heterocycles. The van der Waals surface area contributed by atoms with Crippen LogP contribution in [0, 0.1) is 0 Å². The molecule has 23 heavy (non-hydrogen) atoms. The lowest BCUT2D eigenvalue weighted by Crippen LogP contribution is -2.20. The number of aliphatic hydroxyl groups is 1. The van der Waals surface area contributed by atoms with E-state index in [1.165, 1.54) is 0 Å². The molecule has 1 atom stereocenters. The highest BCUT2D eigenvalue weighted by molar-refractivity contribution is 5.94. The van der Waals surface area contributed by atoms with E-state index in [1.807, 2.05) is 42.5 Å². The monoisotopic (exact) mass is 304 g/mol. The van der Waals surface area contributed by atoms with E-state index in [0.717, 1.165) is 11.1 Å². The van der Waals surface area contributed by atoms with Crippen LogP contribution in [0.25, 0.3) is 11.1 Å². The Kier molecular flexibility index (Phi) is 4.45. The first kappa shape index (κ1) is 14.9. The Morgan fingerprint density at radius 2 is 1.48 bits per heavy atom. The van der Waals surface area contributed by atoms with Crippen molar-refractivity contribution in [3.8, 4) is 11.1 Å². The Labute approximate surface area is 134 Å². The zero-order chi connectivity index (χ0) is 16.1. The predicted octanol–water partition coefficient (Wildman–Crippen LogP) is 3.42. The van der Waals surface area contributed by atoms with Crippen molar-refractivity contribution >= 4 is 11.6 Å². The summed E-state index contributed by atoms with van der Waals surface area (Å²) in [5.41, 5.74) is 3.30. The molecule has 114 valence electrons. The van der Waals surface area contributed by atoms with Crippen molar-refractivity contribution in [1.82, 2.24) is 4.98 Å². The van der Waals surface area contributed by atoms with Crippen LogP contribution in [0.5, 0.6) is 0 Å². The van der Waals surface area contributed by atoms with Crippen molar-refractivity contribution in [2.75, 3.05) is 5.32 Å². The number of carbonyl (C=O) groups excluding carboxylic acids is 1. The summed E-state index contributed by atoms with van der Waals surface area (Å²) in [6, 6.07) is 20.2. The van der Waals surface area contributed by atoms with Gasteiger partial charge in [-0.1, -0.05) is 42.5 Å². The largest absolute Gasteiger partial charge is 0.378 e. The third-order valence-corrected chi connectivity index (χ3v) is 3.53. The van der Waals surface area contributed by atoms with Crippen LogP contribution in [0.2, 0.25) is 0 Å². The molecule has 0 fully saturated rings. The summed E-state index contributed by atoms with van der Waals surface area (Å²) >= 11 is 0. The molecule has 0 unspecified atom stereocenters. The average Bonchev–Trinajstić information content (AvgIpc) is 2.63. The molecule has 0 radical (unpaired) electrons. The highest BCUT2D eigenvalue weighted by atomic mass is 16.3. The SMILES string of the molecule is O=C(Nc1ccc(-c2ccncc2)cc1)[C@H](O)c1ccccc1. The fraction of sp³-hybridized carbons (Fsp3) is 0.0526. The maximum atomic E-state index is 12.1.